The van der Waals surface area contributed by atoms with Crippen LogP contribution in [0, 0.1) is 12.7 Å². The number of nitrogens with two attached hydrogens (primary N) is 1. The zero-order chi connectivity index (χ0) is 12.5. The lowest BCUT2D eigenvalue weighted by Crippen LogP contribution is -2.35. The van der Waals surface area contributed by atoms with Gasteiger partial charge in [-0.1, -0.05) is 0 Å². The zero-order valence-electron chi connectivity index (χ0n) is 10.0. The molecule has 0 unspecified atom stereocenters. The van der Waals surface area contributed by atoms with Crippen molar-refractivity contribution >= 4 is 15.9 Å². The molecule has 90 valence electrons. The largest absolute Gasteiger partial charge is 0.495 e. The lowest BCUT2D eigenvalue weighted by Gasteiger charge is -2.22. The van der Waals surface area contributed by atoms with E-state index in [4.69, 9.17) is 10.5 Å². The highest BCUT2D eigenvalue weighted by Crippen LogP contribution is 2.34. The van der Waals surface area contributed by atoms with E-state index < -0.39 is 5.54 Å². The van der Waals surface area contributed by atoms with Gasteiger partial charge < -0.3 is 10.5 Å². The van der Waals surface area contributed by atoms with Crippen molar-refractivity contribution in [1.82, 2.24) is 0 Å². The summed E-state index contributed by atoms with van der Waals surface area (Å²) in [7, 11) is 1.57. The van der Waals surface area contributed by atoms with Crippen molar-refractivity contribution in [3.8, 4) is 5.75 Å². The summed E-state index contributed by atoms with van der Waals surface area (Å²) in [5.41, 5.74) is 6.99. The molecule has 0 aliphatic carbocycles. The Morgan fingerprint density at radius 1 is 1.50 bits per heavy atom. The third-order valence-electron chi connectivity index (χ3n) is 2.39. The van der Waals surface area contributed by atoms with Crippen LogP contribution in [0.1, 0.15) is 25.0 Å². The Hall–Kier alpha value is -0.610. The second-order valence-corrected chi connectivity index (χ2v) is 5.50. The number of hydrogen-bond acceptors (Lipinski definition) is 2. The molecule has 0 radical (unpaired) electrons. The maximum Gasteiger partial charge on any atom is 0.136 e. The van der Waals surface area contributed by atoms with Crippen LogP contribution in [0.3, 0.4) is 0 Å². The molecule has 0 fully saturated rings. The van der Waals surface area contributed by atoms with Gasteiger partial charge in [-0.2, -0.15) is 0 Å². The van der Waals surface area contributed by atoms with Crippen LogP contribution in [0.25, 0.3) is 0 Å². The van der Waals surface area contributed by atoms with Crippen molar-refractivity contribution in [2.45, 2.75) is 32.7 Å². The lowest BCUT2D eigenvalue weighted by atomic mass is 9.92. The molecule has 2 N–H and O–H groups in total. The van der Waals surface area contributed by atoms with E-state index in [1.54, 1.807) is 14.0 Å². The SMILES string of the molecule is COc1c(Br)cc(F)c(C)c1CC(C)(C)N. The fourth-order valence-electron chi connectivity index (χ4n) is 1.63. The van der Waals surface area contributed by atoms with Crippen LogP contribution in [-0.4, -0.2) is 12.6 Å². The smallest absolute Gasteiger partial charge is 0.136 e. The maximum absolute atomic E-state index is 13.6. The minimum atomic E-state index is -0.398. The molecule has 0 saturated carbocycles. The topological polar surface area (TPSA) is 35.2 Å². The van der Waals surface area contributed by atoms with E-state index in [1.807, 2.05) is 13.8 Å². The number of benzene rings is 1. The van der Waals surface area contributed by atoms with Gasteiger partial charge in [0.2, 0.25) is 0 Å². The molecule has 1 rings (SSSR count). The number of ether oxygens (including phenoxy) is 1. The van der Waals surface area contributed by atoms with Crippen molar-refractivity contribution in [3.05, 3.63) is 27.5 Å². The number of methoxy groups -OCH3 is 1. The van der Waals surface area contributed by atoms with Gasteiger partial charge in [0.25, 0.3) is 0 Å². The Morgan fingerprint density at radius 3 is 2.50 bits per heavy atom. The molecule has 0 aromatic heterocycles. The highest BCUT2D eigenvalue weighted by Gasteiger charge is 2.20. The molecular weight excluding hydrogens is 273 g/mol. The molecule has 0 spiro atoms. The predicted molar refractivity (Wildman–Crippen MR) is 67.4 cm³/mol. The van der Waals surface area contributed by atoms with Crippen LogP contribution in [-0.2, 0) is 6.42 Å². The number of rotatable bonds is 3. The number of halogens is 2. The van der Waals surface area contributed by atoms with E-state index in [1.165, 1.54) is 6.07 Å². The van der Waals surface area contributed by atoms with Crippen molar-refractivity contribution in [2.75, 3.05) is 7.11 Å². The van der Waals surface area contributed by atoms with Crippen LogP contribution in [0.4, 0.5) is 4.39 Å². The Balaban J connectivity index is 3.33. The van der Waals surface area contributed by atoms with E-state index in [2.05, 4.69) is 15.9 Å². The second-order valence-electron chi connectivity index (χ2n) is 4.64. The first kappa shape index (κ1) is 13.5. The van der Waals surface area contributed by atoms with Gasteiger partial charge in [-0.05, 0) is 54.8 Å². The van der Waals surface area contributed by atoms with E-state index >= 15 is 0 Å². The molecule has 0 saturated heterocycles. The van der Waals surface area contributed by atoms with E-state index in [0.29, 0.717) is 22.2 Å². The van der Waals surface area contributed by atoms with Gasteiger partial charge in [0.15, 0.2) is 0 Å². The first-order valence-electron chi connectivity index (χ1n) is 5.06. The molecule has 0 atom stereocenters. The van der Waals surface area contributed by atoms with Gasteiger partial charge in [0, 0.05) is 11.1 Å². The highest BCUT2D eigenvalue weighted by molar-refractivity contribution is 9.10. The summed E-state index contributed by atoms with van der Waals surface area (Å²) in [6.45, 7) is 5.56. The zero-order valence-corrected chi connectivity index (χ0v) is 11.6. The monoisotopic (exact) mass is 289 g/mol. The molecular formula is C12H17BrFNO. The Kier molecular flexibility index (Phi) is 3.97. The third kappa shape index (κ3) is 2.95. The van der Waals surface area contributed by atoms with Gasteiger partial charge in [-0.15, -0.1) is 0 Å². The van der Waals surface area contributed by atoms with Crippen molar-refractivity contribution < 1.29 is 9.13 Å². The molecule has 0 amide bonds. The first-order chi connectivity index (χ1) is 7.26. The quantitative estimate of drug-likeness (QED) is 0.928. The van der Waals surface area contributed by atoms with E-state index in [0.717, 1.165) is 5.56 Å². The molecule has 4 heteroatoms. The van der Waals surface area contributed by atoms with Gasteiger partial charge in [0.1, 0.15) is 11.6 Å². The van der Waals surface area contributed by atoms with E-state index in [-0.39, 0.29) is 5.82 Å². The van der Waals surface area contributed by atoms with Crippen molar-refractivity contribution in [2.24, 2.45) is 5.73 Å². The lowest BCUT2D eigenvalue weighted by molar-refractivity contribution is 0.397. The molecule has 0 bridgehead atoms. The summed E-state index contributed by atoms with van der Waals surface area (Å²) in [5, 5.41) is 0. The molecule has 1 aromatic carbocycles. The maximum atomic E-state index is 13.6. The molecule has 0 aliphatic rings. The first-order valence-corrected chi connectivity index (χ1v) is 5.86. The standard InChI is InChI=1S/C12H17BrFNO/c1-7-8(6-12(2,3)15)11(16-4)9(13)5-10(7)14/h5H,6,15H2,1-4H3. The Labute approximate surface area is 104 Å². The molecule has 1 aromatic rings. The van der Waals surface area contributed by atoms with Gasteiger partial charge >= 0.3 is 0 Å². The summed E-state index contributed by atoms with van der Waals surface area (Å²) in [5.74, 6) is 0.421. The van der Waals surface area contributed by atoms with Crippen molar-refractivity contribution in [1.29, 1.82) is 0 Å². The predicted octanol–water partition coefficient (Wildman–Crippen LogP) is 3.19. The van der Waals surface area contributed by atoms with Gasteiger partial charge in [-0.25, -0.2) is 4.39 Å². The van der Waals surface area contributed by atoms with Crippen molar-refractivity contribution in [3.63, 3.8) is 0 Å². The number of hydrogen-bond donors (Lipinski definition) is 1. The summed E-state index contributed by atoms with van der Waals surface area (Å²) >= 11 is 3.29. The summed E-state index contributed by atoms with van der Waals surface area (Å²) < 4.78 is 19.5. The van der Waals surface area contributed by atoms with Crippen LogP contribution in [0.15, 0.2) is 10.5 Å². The average Bonchev–Trinajstić information content (AvgIpc) is 2.12. The van der Waals surface area contributed by atoms with Gasteiger partial charge in [0.05, 0.1) is 11.6 Å². The molecule has 0 heterocycles. The Bertz CT molecular complexity index is 399. The minimum Gasteiger partial charge on any atom is -0.495 e. The van der Waals surface area contributed by atoms with Crippen LogP contribution in [0.2, 0.25) is 0 Å². The van der Waals surface area contributed by atoms with Crippen LogP contribution in [0.5, 0.6) is 5.75 Å². The minimum absolute atomic E-state index is 0.244. The fraction of sp³-hybridized carbons (Fsp3) is 0.500. The van der Waals surface area contributed by atoms with E-state index in [9.17, 15) is 4.39 Å². The van der Waals surface area contributed by atoms with Gasteiger partial charge in [-0.3, -0.25) is 0 Å². The third-order valence-corrected chi connectivity index (χ3v) is 2.98. The normalized spacial score (nSPS) is 11.7. The highest BCUT2D eigenvalue weighted by atomic mass is 79.9. The fourth-order valence-corrected chi connectivity index (χ4v) is 2.23. The summed E-state index contributed by atoms with van der Waals surface area (Å²) in [6.07, 6.45) is 0.568. The summed E-state index contributed by atoms with van der Waals surface area (Å²) in [6, 6.07) is 1.42. The Morgan fingerprint density at radius 2 is 2.06 bits per heavy atom. The molecule has 0 aliphatic heterocycles. The summed E-state index contributed by atoms with van der Waals surface area (Å²) in [4.78, 5) is 0. The second kappa shape index (κ2) is 4.72. The molecule has 16 heavy (non-hydrogen) atoms. The average molecular weight is 290 g/mol. The molecule has 2 nitrogen and oxygen atoms in total. The van der Waals surface area contributed by atoms with Crippen LogP contribution >= 0.6 is 15.9 Å². The van der Waals surface area contributed by atoms with Crippen LogP contribution < -0.4 is 10.5 Å².